The number of anilines is 1. The Balaban J connectivity index is 2.26. The van der Waals surface area contributed by atoms with Crippen molar-refractivity contribution in [3.05, 3.63) is 30.1 Å². The van der Waals surface area contributed by atoms with Gasteiger partial charge in [-0.05, 0) is 19.9 Å². The average Bonchev–Trinajstić information content (AvgIpc) is 2.82. The van der Waals surface area contributed by atoms with Crippen LogP contribution in [0.3, 0.4) is 0 Å². The van der Waals surface area contributed by atoms with Crippen molar-refractivity contribution in [2.75, 3.05) is 5.73 Å². The van der Waals surface area contributed by atoms with Gasteiger partial charge < -0.3 is 15.4 Å². The number of aliphatic hydroxyl groups is 1. The molecule has 2 heterocycles. The van der Waals surface area contributed by atoms with Crippen LogP contribution in [0.5, 0.6) is 0 Å². The SMILES string of the molecule is CC(C)(O)Cn1c(CCC(F)(F)F)nc2c(N)nc3ccccc3c21. The Hall–Kier alpha value is -2.35. The molecule has 0 spiro atoms. The van der Waals surface area contributed by atoms with Crippen molar-refractivity contribution in [3.63, 3.8) is 0 Å². The molecule has 0 saturated heterocycles. The fourth-order valence-corrected chi connectivity index (χ4v) is 2.91. The molecule has 1 aromatic carbocycles. The predicted molar refractivity (Wildman–Crippen MR) is 90.1 cm³/mol. The molecule has 5 nitrogen and oxygen atoms in total. The first-order valence-electron chi connectivity index (χ1n) is 7.88. The number of para-hydroxylation sites is 1. The molecule has 3 N–H and O–H groups in total. The first kappa shape index (κ1) is 17.5. The highest BCUT2D eigenvalue weighted by Gasteiger charge is 2.29. The number of rotatable bonds is 4. The summed E-state index contributed by atoms with van der Waals surface area (Å²) < 4.78 is 39.7. The van der Waals surface area contributed by atoms with Crippen molar-refractivity contribution in [2.24, 2.45) is 0 Å². The summed E-state index contributed by atoms with van der Waals surface area (Å²) in [4.78, 5) is 8.59. The summed E-state index contributed by atoms with van der Waals surface area (Å²) in [6, 6.07) is 7.22. The number of nitrogens with two attached hydrogens (primary N) is 1. The van der Waals surface area contributed by atoms with Crippen LogP contribution in [-0.4, -0.2) is 31.4 Å². The number of benzene rings is 1. The van der Waals surface area contributed by atoms with E-state index in [1.165, 1.54) is 0 Å². The van der Waals surface area contributed by atoms with E-state index in [1.807, 2.05) is 18.2 Å². The van der Waals surface area contributed by atoms with E-state index in [0.717, 1.165) is 5.39 Å². The summed E-state index contributed by atoms with van der Waals surface area (Å²) in [5.41, 5.74) is 6.45. The molecular weight excluding hydrogens is 333 g/mol. The van der Waals surface area contributed by atoms with Crippen molar-refractivity contribution in [3.8, 4) is 0 Å². The van der Waals surface area contributed by atoms with Crippen LogP contribution in [0.1, 0.15) is 26.1 Å². The molecule has 0 unspecified atom stereocenters. The van der Waals surface area contributed by atoms with Crippen LogP contribution in [-0.2, 0) is 13.0 Å². The molecule has 0 amide bonds. The maximum absolute atomic E-state index is 12.7. The van der Waals surface area contributed by atoms with Crippen LogP contribution in [0, 0.1) is 0 Å². The van der Waals surface area contributed by atoms with E-state index in [9.17, 15) is 18.3 Å². The first-order valence-corrected chi connectivity index (χ1v) is 7.88. The lowest BCUT2D eigenvalue weighted by molar-refractivity contribution is -0.134. The lowest BCUT2D eigenvalue weighted by Crippen LogP contribution is -2.27. The second-order valence-electron chi connectivity index (χ2n) is 6.75. The van der Waals surface area contributed by atoms with Crippen molar-refractivity contribution >= 4 is 27.8 Å². The van der Waals surface area contributed by atoms with Gasteiger partial charge in [-0.15, -0.1) is 0 Å². The minimum absolute atomic E-state index is 0.101. The zero-order valence-corrected chi connectivity index (χ0v) is 13.9. The van der Waals surface area contributed by atoms with Crippen LogP contribution >= 0.6 is 0 Å². The molecule has 0 aliphatic carbocycles. The number of nitrogens with zero attached hydrogens (tertiary/aromatic N) is 3. The van der Waals surface area contributed by atoms with Gasteiger partial charge in [-0.3, -0.25) is 0 Å². The van der Waals surface area contributed by atoms with E-state index >= 15 is 0 Å². The third kappa shape index (κ3) is 3.68. The molecule has 0 aliphatic heterocycles. The average molecular weight is 352 g/mol. The summed E-state index contributed by atoms with van der Waals surface area (Å²) in [5.74, 6) is 0.399. The normalized spacial score (nSPS) is 13.0. The Morgan fingerprint density at radius 1 is 1.16 bits per heavy atom. The summed E-state index contributed by atoms with van der Waals surface area (Å²) in [6.45, 7) is 3.29. The third-order valence-electron chi connectivity index (χ3n) is 3.87. The number of hydrogen-bond donors (Lipinski definition) is 2. The van der Waals surface area contributed by atoms with Crippen molar-refractivity contribution in [1.82, 2.24) is 14.5 Å². The van der Waals surface area contributed by atoms with E-state index in [2.05, 4.69) is 9.97 Å². The van der Waals surface area contributed by atoms with E-state index in [0.29, 0.717) is 16.6 Å². The Morgan fingerprint density at radius 3 is 2.48 bits per heavy atom. The van der Waals surface area contributed by atoms with Gasteiger partial charge in [0.05, 0.1) is 29.6 Å². The van der Waals surface area contributed by atoms with Crippen LogP contribution in [0.15, 0.2) is 24.3 Å². The van der Waals surface area contributed by atoms with Gasteiger partial charge in [0.2, 0.25) is 0 Å². The molecule has 0 radical (unpaired) electrons. The van der Waals surface area contributed by atoms with Gasteiger partial charge in [-0.25, -0.2) is 9.97 Å². The highest BCUT2D eigenvalue weighted by atomic mass is 19.4. The summed E-state index contributed by atoms with van der Waals surface area (Å²) in [6.07, 6.45) is -5.57. The number of hydrogen-bond acceptors (Lipinski definition) is 4. The van der Waals surface area contributed by atoms with Crippen molar-refractivity contribution < 1.29 is 18.3 Å². The monoisotopic (exact) mass is 352 g/mol. The summed E-state index contributed by atoms with van der Waals surface area (Å²) in [5, 5.41) is 11.0. The number of nitrogen functional groups attached to an aromatic ring is 1. The molecule has 0 aliphatic rings. The highest BCUT2D eigenvalue weighted by molar-refractivity contribution is 6.06. The minimum atomic E-state index is -4.29. The minimum Gasteiger partial charge on any atom is -0.389 e. The lowest BCUT2D eigenvalue weighted by Gasteiger charge is -2.21. The molecule has 0 atom stereocenters. The maximum Gasteiger partial charge on any atom is 0.389 e. The van der Waals surface area contributed by atoms with Gasteiger partial charge in [0.15, 0.2) is 5.82 Å². The number of halogens is 3. The molecule has 3 aromatic rings. The van der Waals surface area contributed by atoms with Crippen molar-refractivity contribution in [1.29, 1.82) is 0 Å². The molecule has 25 heavy (non-hydrogen) atoms. The van der Waals surface area contributed by atoms with E-state index in [1.54, 1.807) is 24.5 Å². The van der Waals surface area contributed by atoms with E-state index in [-0.39, 0.29) is 24.6 Å². The molecule has 3 rings (SSSR count). The quantitative estimate of drug-likeness (QED) is 0.754. The fraction of sp³-hybridized carbons (Fsp3) is 0.412. The molecule has 8 heteroatoms. The molecule has 134 valence electrons. The van der Waals surface area contributed by atoms with Crippen LogP contribution < -0.4 is 5.73 Å². The third-order valence-corrected chi connectivity index (χ3v) is 3.87. The highest BCUT2D eigenvalue weighted by Crippen LogP contribution is 2.31. The number of fused-ring (bicyclic) bond motifs is 3. The van der Waals surface area contributed by atoms with Gasteiger partial charge in [-0.2, -0.15) is 13.2 Å². The van der Waals surface area contributed by atoms with Crippen molar-refractivity contribution in [2.45, 2.75) is 45.0 Å². The second-order valence-corrected chi connectivity index (χ2v) is 6.75. The molecule has 0 saturated carbocycles. The smallest absolute Gasteiger partial charge is 0.389 e. The number of pyridine rings is 1. The van der Waals surface area contributed by atoms with E-state index in [4.69, 9.17) is 5.73 Å². The van der Waals surface area contributed by atoms with Crippen LogP contribution in [0.2, 0.25) is 0 Å². The van der Waals surface area contributed by atoms with Crippen LogP contribution in [0.25, 0.3) is 21.9 Å². The zero-order valence-electron chi connectivity index (χ0n) is 13.9. The van der Waals surface area contributed by atoms with Crippen LogP contribution in [0.4, 0.5) is 19.0 Å². The Labute approximate surface area is 142 Å². The standard InChI is InChI=1S/C17H19F3N4O/c1-16(2,25)9-24-12(7-8-17(18,19)20)23-13-14(24)10-5-3-4-6-11(10)22-15(13)21/h3-6,25H,7-9H2,1-2H3,(H2,21,22). The largest absolute Gasteiger partial charge is 0.389 e. The van der Waals surface area contributed by atoms with Gasteiger partial charge in [0, 0.05) is 11.8 Å². The molecular formula is C17H19F3N4O. The number of aromatic nitrogens is 3. The number of aryl methyl sites for hydroxylation is 1. The Bertz CT molecular complexity index is 925. The zero-order chi connectivity index (χ0) is 18.4. The molecule has 0 bridgehead atoms. The maximum atomic E-state index is 12.7. The number of imidazole rings is 1. The fourth-order valence-electron chi connectivity index (χ4n) is 2.91. The molecule has 0 fully saturated rings. The Morgan fingerprint density at radius 2 is 1.84 bits per heavy atom. The second kappa shape index (κ2) is 5.87. The van der Waals surface area contributed by atoms with Gasteiger partial charge >= 0.3 is 6.18 Å². The van der Waals surface area contributed by atoms with Gasteiger partial charge in [0.25, 0.3) is 0 Å². The number of alkyl halides is 3. The van der Waals surface area contributed by atoms with Gasteiger partial charge in [-0.1, -0.05) is 18.2 Å². The molecule has 2 aromatic heterocycles. The first-order chi connectivity index (χ1) is 11.6. The summed E-state index contributed by atoms with van der Waals surface area (Å²) >= 11 is 0. The van der Waals surface area contributed by atoms with E-state index < -0.39 is 18.2 Å². The topological polar surface area (TPSA) is 77.0 Å². The summed E-state index contributed by atoms with van der Waals surface area (Å²) in [7, 11) is 0. The Kier molecular flexibility index (Phi) is 4.10. The van der Waals surface area contributed by atoms with Gasteiger partial charge in [0.1, 0.15) is 11.3 Å². The predicted octanol–water partition coefficient (Wildman–Crippen LogP) is 3.43. The lowest BCUT2D eigenvalue weighted by atomic mass is 10.1.